The Morgan fingerprint density at radius 3 is 2.64 bits per heavy atom. The number of carbonyl (C=O) groups is 1. The van der Waals surface area contributed by atoms with Crippen LogP contribution in [0, 0.1) is 0 Å². The minimum absolute atomic E-state index is 0.107. The zero-order valence-electron chi connectivity index (χ0n) is 12.2. The van der Waals surface area contributed by atoms with Gasteiger partial charge in [0.25, 0.3) is 0 Å². The average molecular weight is 393 g/mol. The number of hydrogen-bond donors (Lipinski definition) is 1. The van der Waals surface area contributed by atoms with E-state index in [4.69, 9.17) is 33.0 Å². The molecule has 0 amide bonds. The molecule has 2 aromatic rings. The van der Waals surface area contributed by atoms with E-state index in [0.29, 0.717) is 10.6 Å². The number of fused-ring (bicyclic) bond motifs is 1. The van der Waals surface area contributed by atoms with Crippen molar-refractivity contribution in [1.82, 2.24) is 9.78 Å². The number of carboxylic acids is 1. The largest absolute Gasteiger partial charge is 0.478 e. The Balaban J connectivity index is 2.01. The molecule has 1 aliphatic rings. The molecule has 0 saturated heterocycles. The van der Waals surface area contributed by atoms with Crippen LogP contribution in [0.1, 0.15) is 11.1 Å². The summed E-state index contributed by atoms with van der Waals surface area (Å²) in [5.74, 6) is -1.82. The number of alkyl halides is 3. The third-order valence-corrected chi connectivity index (χ3v) is 4.04. The first kappa shape index (κ1) is 17.6. The summed E-state index contributed by atoms with van der Waals surface area (Å²) >= 11 is 11.9. The lowest BCUT2D eigenvalue weighted by atomic mass is 10.00. The van der Waals surface area contributed by atoms with Crippen LogP contribution in [0.15, 0.2) is 30.1 Å². The van der Waals surface area contributed by atoms with E-state index < -0.39 is 23.8 Å². The van der Waals surface area contributed by atoms with Gasteiger partial charge in [-0.2, -0.15) is 18.3 Å². The SMILES string of the molecule is O=C(O)C1=Cc2cc(Cl)c(Cn3cc(Cl)cn3)cc2OC1C(F)(F)F. The third-order valence-electron chi connectivity index (χ3n) is 3.50. The van der Waals surface area contributed by atoms with Crippen molar-refractivity contribution < 1.29 is 27.8 Å². The predicted molar refractivity (Wildman–Crippen MR) is 83.9 cm³/mol. The van der Waals surface area contributed by atoms with Crippen molar-refractivity contribution >= 4 is 35.2 Å². The molecule has 10 heteroatoms. The summed E-state index contributed by atoms with van der Waals surface area (Å²) in [6, 6.07) is 2.69. The van der Waals surface area contributed by atoms with Gasteiger partial charge in [-0.1, -0.05) is 23.2 Å². The third kappa shape index (κ3) is 3.59. The number of halogens is 5. The first-order valence-corrected chi connectivity index (χ1v) is 7.59. The van der Waals surface area contributed by atoms with Crippen molar-refractivity contribution in [2.45, 2.75) is 18.8 Å². The van der Waals surface area contributed by atoms with Gasteiger partial charge in [-0.05, 0) is 23.8 Å². The van der Waals surface area contributed by atoms with E-state index in [9.17, 15) is 18.0 Å². The summed E-state index contributed by atoms with van der Waals surface area (Å²) in [6.45, 7) is 0.161. The summed E-state index contributed by atoms with van der Waals surface area (Å²) in [5.41, 5.74) is -0.291. The van der Waals surface area contributed by atoms with Crippen LogP contribution in [-0.2, 0) is 11.3 Å². The molecule has 2 heterocycles. The van der Waals surface area contributed by atoms with E-state index >= 15 is 0 Å². The molecule has 132 valence electrons. The zero-order chi connectivity index (χ0) is 18.4. The molecule has 1 unspecified atom stereocenters. The van der Waals surface area contributed by atoms with Gasteiger partial charge in [0, 0.05) is 16.8 Å². The van der Waals surface area contributed by atoms with Crippen LogP contribution in [0.5, 0.6) is 5.75 Å². The lowest BCUT2D eigenvalue weighted by Gasteiger charge is -2.27. The van der Waals surface area contributed by atoms with E-state index in [0.717, 1.165) is 6.08 Å². The Hall–Kier alpha value is -2.19. The van der Waals surface area contributed by atoms with Gasteiger partial charge in [0.05, 0.1) is 23.3 Å². The van der Waals surface area contributed by atoms with Crippen LogP contribution in [0.25, 0.3) is 6.08 Å². The van der Waals surface area contributed by atoms with Gasteiger partial charge in [0.2, 0.25) is 6.10 Å². The molecule has 1 N–H and O–H groups in total. The van der Waals surface area contributed by atoms with Crippen LogP contribution in [-0.4, -0.2) is 33.1 Å². The number of nitrogens with zero attached hydrogens (tertiary/aromatic N) is 2. The highest BCUT2D eigenvalue weighted by Crippen LogP contribution is 2.39. The van der Waals surface area contributed by atoms with E-state index in [1.54, 1.807) is 0 Å². The van der Waals surface area contributed by atoms with Crippen LogP contribution in [0.3, 0.4) is 0 Å². The second-order valence-corrected chi connectivity index (χ2v) is 6.13. The lowest BCUT2D eigenvalue weighted by Crippen LogP contribution is -2.40. The summed E-state index contributed by atoms with van der Waals surface area (Å²) in [6.07, 6.45) is -3.56. The number of hydrogen-bond acceptors (Lipinski definition) is 3. The van der Waals surface area contributed by atoms with Gasteiger partial charge in [-0.3, -0.25) is 4.68 Å². The van der Waals surface area contributed by atoms with Gasteiger partial charge < -0.3 is 9.84 Å². The highest BCUT2D eigenvalue weighted by Gasteiger charge is 2.48. The van der Waals surface area contributed by atoms with E-state index in [-0.39, 0.29) is 22.9 Å². The van der Waals surface area contributed by atoms with Gasteiger partial charge in [-0.25, -0.2) is 4.79 Å². The second-order valence-electron chi connectivity index (χ2n) is 5.28. The van der Waals surface area contributed by atoms with Gasteiger partial charge in [0.15, 0.2) is 0 Å². The van der Waals surface area contributed by atoms with Gasteiger partial charge in [-0.15, -0.1) is 0 Å². The Labute approximate surface area is 149 Å². The molecule has 0 fully saturated rings. The van der Waals surface area contributed by atoms with E-state index in [1.165, 1.54) is 29.2 Å². The van der Waals surface area contributed by atoms with Crippen molar-refractivity contribution in [1.29, 1.82) is 0 Å². The standard InChI is InChI=1S/C15H9Cl2F3N2O3/c16-9-4-21-22(6-9)5-8-3-12-7(2-11(8)17)1-10(14(23)24)13(25-12)15(18,19)20/h1-4,6,13H,5H2,(H,23,24). The molecule has 0 saturated carbocycles. The lowest BCUT2D eigenvalue weighted by molar-refractivity contribution is -0.187. The van der Waals surface area contributed by atoms with Crippen molar-refractivity contribution in [3.63, 3.8) is 0 Å². The first-order valence-electron chi connectivity index (χ1n) is 6.84. The Bertz CT molecular complexity index is 877. The molecule has 0 radical (unpaired) electrons. The monoisotopic (exact) mass is 392 g/mol. The highest BCUT2D eigenvalue weighted by molar-refractivity contribution is 6.31. The maximum Gasteiger partial charge on any atom is 0.430 e. The fourth-order valence-corrected chi connectivity index (χ4v) is 2.79. The molecule has 3 rings (SSSR count). The normalized spacial score (nSPS) is 16.8. The van der Waals surface area contributed by atoms with Crippen molar-refractivity contribution in [2.75, 3.05) is 0 Å². The first-order chi connectivity index (χ1) is 11.6. The van der Waals surface area contributed by atoms with Crippen LogP contribution in [0.2, 0.25) is 10.0 Å². The zero-order valence-corrected chi connectivity index (χ0v) is 13.7. The highest BCUT2D eigenvalue weighted by atomic mass is 35.5. The number of ether oxygens (including phenoxy) is 1. The van der Waals surface area contributed by atoms with Crippen molar-refractivity contribution in [2.24, 2.45) is 0 Å². The predicted octanol–water partition coefficient (Wildman–Crippen LogP) is 4.03. The number of aromatic nitrogens is 2. The Morgan fingerprint density at radius 2 is 2.08 bits per heavy atom. The minimum Gasteiger partial charge on any atom is -0.478 e. The van der Waals surface area contributed by atoms with Crippen LogP contribution >= 0.6 is 23.2 Å². The molecule has 5 nitrogen and oxygen atoms in total. The molecular formula is C15H9Cl2F3N2O3. The molecule has 25 heavy (non-hydrogen) atoms. The molecule has 0 bridgehead atoms. The average Bonchev–Trinajstić information content (AvgIpc) is 2.91. The fourth-order valence-electron chi connectivity index (χ4n) is 2.40. The van der Waals surface area contributed by atoms with Crippen LogP contribution in [0.4, 0.5) is 13.2 Å². The Morgan fingerprint density at radius 1 is 1.36 bits per heavy atom. The molecule has 0 spiro atoms. The summed E-state index contributed by atoms with van der Waals surface area (Å²) in [5, 5.41) is 13.6. The fraction of sp³-hybridized carbons (Fsp3) is 0.200. The smallest absolute Gasteiger partial charge is 0.430 e. The van der Waals surface area contributed by atoms with Gasteiger partial charge >= 0.3 is 12.1 Å². The van der Waals surface area contributed by atoms with E-state index in [1.807, 2.05) is 0 Å². The van der Waals surface area contributed by atoms with E-state index in [2.05, 4.69) is 5.10 Å². The topological polar surface area (TPSA) is 64.3 Å². The van der Waals surface area contributed by atoms with Crippen molar-refractivity contribution in [3.05, 3.63) is 51.3 Å². The van der Waals surface area contributed by atoms with Crippen molar-refractivity contribution in [3.8, 4) is 5.75 Å². The summed E-state index contributed by atoms with van der Waals surface area (Å²) < 4.78 is 45.7. The van der Waals surface area contributed by atoms with Gasteiger partial charge in [0.1, 0.15) is 5.75 Å². The molecule has 0 aliphatic carbocycles. The molecule has 1 aromatic carbocycles. The molecule has 1 atom stereocenters. The molecule has 1 aliphatic heterocycles. The van der Waals surface area contributed by atoms with Crippen LogP contribution < -0.4 is 4.74 Å². The Kier molecular flexibility index (Phi) is 4.42. The minimum atomic E-state index is -4.86. The number of carboxylic acid groups (broad SMARTS) is 1. The summed E-state index contributed by atoms with van der Waals surface area (Å²) in [4.78, 5) is 11.1. The number of benzene rings is 1. The number of rotatable bonds is 3. The molecule has 1 aromatic heterocycles. The maximum atomic E-state index is 13.1. The summed E-state index contributed by atoms with van der Waals surface area (Å²) in [7, 11) is 0. The molecular weight excluding hydrogens is 384 g/mol. The maximum absolute atomic E-state index is 13.1. The second kappa shape index (κ2) is 6.27. The quantitative estimate of drug-likeness (QED) is 0.856. The number of aliphatic carboxylic acids is 1.